The Labute approximate surface area is 170 Å². The quantitative estimate of drug-likeness (QED) is 0.586. The summed E-state index contributed by atoms with van der Waals surface area (Å²) in [6.07, 6.45) is 4.82. The molecule has 0 atom stereocenters. The Bertz CT molecular complexity index is 924. The third-order valence-corrected chi connectivity index (χ3v) is 5.50. The summed E-state index contributed by atoms with van der Waals surface area (Å²) in [6.45, 7) is 4.26. The van der Waals surface area contributed by atoms with Crippen LogP contribution in [0.3, 0.4) is 0 Å². The molecule has 29 heavy (non-hydrogen) atoms. The van der Waals surface area contributed by atoms with Crippen molar-refractivity contribution in [2.24, 2.45) is 5.92 Å². The number of benzene rings is 2. The minimum absolute atomic E-state index is 0.00389. The minimum Gasteiger partial charge on any atom is -0.486 e. The largest absolute Gasteiger partial charge is 0.486 e. The number of piperidine rings is 1. The average Bonchev–Trinajstić information content (AvgIpc) is 2.78. The van der Waals surface area contributed by atoms with E-state index in [0.717, 1.165) is 5.56 Å². The second kappa shape index (κ2) is 8.52. The molecule has 0 unspecified atom stereocenters. The van der Waals surface area contributed by atoms with E-state index in [1.165, 1.54) is 5.56 Å². The summed E-state index contributed by atoms with van der Waals surface area (Å²) in [4.78, 5) is 27.2. The van der Waals surface area contributed by atoms with E-state index in [1.54, 1.807) is 24.3 Å². The number of aryl methyl sites for hydroxylation is 1. The van der Waals surface area contributed by atoms with E-state index in [2.05, 4.69) is 0 Å². The summed E-state index contributed by atoms with van der Waals surface area (Å²) >= 11 is 0. The highest BCUT2D eigenvalue weighted by atomic mass is 16.6. The Morgan fingerprint density at radius 3 is 2.38 bits per heavy atom. The van der Waals surface area contributed by atoms with Gasteiger partial charge in [0.25, 0.3) is 0 Å². The molecule has 0 N–H and O–H groups in total. The topological polar surface area (TPSA) is 55.8 Å². The van der Waals surface area contributed by atoms with Crippen LogP contribution in [0.2, 0.25) is 0 Å². The van der Waals surface area contributed by atoms with Crippen molar-refractivity contribution in [3.63, 3.8) is 0 Å². The first-order valence-corrected chi connectivity index (χ1v) is 10.1. The van der Waals surface area contributed by atoms with Gasteiger partial charge < -0.3 is 14.4 Å². The molecule has 2 aromatic carbocycles. The van der Waals surface area contributed by atoms with Crippen LogP contribution in [0, 0.1) is 12.8 Å². The Kier molecular flexibility index (Phi) is 5.65. The molecule has 150 valence electrons. The summed E-state index contributed by atoms with van der Waals surface area (Å²) in [5, 5.41) is 0. The molecule has 5 nitrogen and oxygen atoms in total. The molecule has 4 rings (SSSR count). The molecule has 0 bridgehead atoms. The number of hydrogen-bond acceptors (Lipinski definition) is 4. The number of fused-ring (bicyclic) bond motifs is 1. The Hall–Kier alpha value is -3.08. The van der Waals surface area contributed by atoms with Gasteiger partial charge in [-0.3, -0.25) is 9.59 Å². The summed E-state index contributed by atoms with van der Waals surface area (Å²) in [5.41, 5.74) is 2.85. The van der Waals surface area contributed by atoms with Crippen LogP contribution in [0.25, 0.3) is 6.08 Å². The summed E-state index contributed by atoms with van der Waals surface area (Å²) in [7, 11) is 0. The van der Waals surface area contributed by atoms with Crippen molar-refractivity contribution in [2.75, 3.05) is 26.3 Å². The molecule has 0 spiro atoms. The number of Topliss-reactive ketones (excluding diaryl/α,β-unsaturated/α-hetero) is 1. The van der Waals surface area contributed by atoms with Crippen molar-refractivity contribution >= 4 is 17.8 Å². The Morgan fingerprint density at radius 2 is 1.66 bits per heavy atom. The van der Waals surface area contributed by atoms with E-state index in [1.807, 2.05) is 42.2 Å². The highest BCUT2D eigenvalue weighted by Crippen LogP contribution is 2.32. The Balaban J connectivity index is 1.33. The zero-order valence-electron chi connectivity index (χ0n) is 16.6. The molecule has 0 radical (unpaired) electrons. The van der Waals surface area contributed by atoms with E-state index in [0.29, 0.717) is 56.2 Å². The number of carbonyl (C=O) groups is 2. The summed E-state index contributed by atoms with van der Waals surface area (Å²) in [5.74, 6) is 1.37. The van der Waals surface area contributed by atoms with E-state index in [-0.39, 0.29) is 17.6 Å². The molecule has 2 aromatic rings. The number of amides is 1. The van der Waals surface area contributed by atoms with E-state index >= 15 is 0 Å². The fourth-order valence-corrected chi connectivity index (χ4v) is 3.74. The van der Waals surface area contributed by atoms with Gasteiger partial charge >= 0.3 is 0 Å². The van der Waals surface area contributed by atoms with Gasteiger partial charge in [0.2, 0.25) is 5.91 Å². The minimum atomic E-state index is -0.0670. The van der Waals surface area contributed by atoms with Crippen LogP contribution in [0.15, 0.2) is 48.5 Å². The third-order valence-electron chi connectivity index (χ3n) is 5.50. The van der Waals surface area contributed by atoms with Crippen LogP contribution in [-0.2, 0) is 4.79 Å². The number of likely N-dealkylation sites (tertiary alicyclic amines) is 1. The number of carbonyl (C=O) groups excluding carboxylic acids is 2. The van der Waals surface area contributed by atoms with Gasteiger partial charge in [0.1, 0.15) is 13.2 Å². The molecule has 0 saturated carbocycles. The summed E-state index contributed by atoms with van der Waals surface area (Å²) in [6, 6.07) is 13.4. The first-order chi connectivity index (χ1) is 14.1. The van der Waals surface area contributed by atoms with Crippen LogP contribution in [0.1, 0.15) is 34.3 Å². The lowest BCUT2D eigenvalue weighted by molar-refractivity contribution is -0.127. The normalized spacial score (nSPS) is 16.8. The molecular formula is C24H25NO4. The molecule has 1 fully saturated rings. The van der Waals surface area contributed by atoms with Crippen LogP contribution >= 0.6 is 0 Å². The van der Waals surface area contributed by atoms with E-state index in [4.69, 9.17) is 9.47 Å². The zero-order valence-corrected chi connectivity index (χ0v) is 16.6. The van der Waals surface area contributed by atoms with Crippen molar-refractivity contribution in [1.82, 2.24) is 4.90 Å². The van der Waals surface area contributed by atoms with Crippen LogP contribution < -0.4 is 9.47 Å². The van der Waals surface area contributed by atoms with Crippen molar-refractivity contribution in [3.8, 4) is 11.5 Å². The SMILES string of the molecule is Cc1ccc(C=CC(=O)N2CCC(C(=O)c3ccc4c(c3)OCCO4)CC2)cc1. The maximum atomic E-state index is 12.9. The van der Waals surface area contributed by atoms with Gasteiger partial charge in [0.05, 0.1) is 0 Å². The Morgan fingerprint density at radius 1 is 0.966 bits per heavy atom. The molecule has 1 saturated heterocycles. The fourth-order valence-electron chi connectivity index (χ4n) is 3.74. The van der Waals surface area contributed by atoms with Crippen molar-refractivity contribution in [2.45, 2.75) is 19.8 Å². The predicted molar refractivity (Wildman–Crippen MR) is 111 cm³/mol. The number of nitrogens with zero attached hydrogens (tertiary/aromatic N) is 1. The molecule has 0 aromatic heterocycles. The lowest BCUT2D eigenvalue weighted by atomic mass is 9.88. The maximum Gasteiger partial charge on any atom is 0.246 e. The molecular weight excluding hydrogens is 366 g/mol. The van der Waals surface area contributed by atoms with Crippen LogP contribution in [-0.4, -0.2) is 42.9 Å². The number of hydrogen-bond donors (Lipinski definition) is 0. The predicted octanol–water partition coefficient (Wildman–Crippen LogP) is 3.90. The second-order valence-electron chi connectivity index (χ2n) is 7.57. The zero-order chi connectivity index (χ0) is 20.2. The summed E-state index contributed by atoms with van der Waals surface area (Å²) < 4.78 is 11.1. The van der Waals surface area contributed by atoms with Crippen molar-refractivity contribution in [1.29, 1.82) is 0 Å². The van der Waals surface area contributed by atoms with E-state index in [9.17, 15) is 9.59 Å². The number of rotatable bonds is 4. The maximum absolute atomic E-state index is 12.9. The smallest absolute Gasteiger partial charge is 0.246 e. The third kappa shape index (κ3) is 4.50. The van der Waals surface area contributed by atoms with Crippen molar-refractivity contribution in [3.05, 3.63) is 65.2 Å². The number of ether oxygens (including phenoxy) is 2. The highest BCUT2D eigenvalue weighted by molar-refractivity contribution is 5.99. The lowest BCUT2D eigenvalue weighted by Crippen LogP contribution is -2.39. The average molecular weight is 391 g/mol. The van der Waals surface area contributed by atoms with Crippen molar-refractivity contribution < 1.29 is 19.1 Å². The van der Waals surface area contributed by atoms with Gasteiger partial charge in [0, 0.05) is 30.6 Å². The van der Waals surface area contributed by atoms with Gasteiger partial charge in [-0.25, -0.2) is 0 Å². The first kappa shape index (κ1) is 19.2. The molecule has 2 aliphatic rings. The van der Waals surface area contributed by atoms with E-state index < -0.39 is 0 Å². The molecule has 2 heterocycles. The van der Waals surface area contributed by atoms with Gasteiger partial charge in [-0.1, -0.05) is 29.8 Å². The van der Waals surface area contributed by atoms with Crippen LogP contribution in [0.4, 0.5) is 0 Å². The molecule has 0 aliphatic carbocycles. The monoisotopic (exact) mass is 391 g/mol. The van der Waals surface area contributed by atoms with Gasteiger partial charge in [0.15, 0.2) is 17.3 Å². The second-order valence-corrected chi connectivity index (χ2v) is 7.57. The van der Waals surface area contributed by atoms with Gasteiger partial charge in [-0.05, 0) is 49.6 Å². The van der Waals surface area contributed by atoms with Gasteiger partial charge in [-0.2, -0.15) is 0 Å². The lowest BCUT2D eigenvalue weighted by Gasteiger charge is -2.30. The highest BCUT2D eigenvalue weighted by Gasteiger charge is 2.28. The molecule has 2 aliphatic heterocycles. The first-order valence-electron chi connectivity index (χ1n) is 10.1. The van der Waals surface area contributed by atoms with Crippen LogP contribution in [0.5, 0.6) is 11.5 Å². The molecule has 1 amide bonds. The molecule has 5 heteroatoms. The fraction of sp³-hybridized carbons (Fsp3) is 0.333. The number of ketones is 1. The standard InChI is InChI=1S/C24H25NO4/c1-17-2-4-18(5-3-17)6-9-23(26)25-12-10-19(11-13-25)24(27)20-7-8-21-22(16-20)29-15-14-28-21/h2-9,16,19H,10-15H2,1H3. The van der Waals surface area contributed by atoms with Gasteiger partial charge in [-0.15, -0.1) is 0 Å².